The van der Waals surface area contributed by atoms with Crippen molar-refractivity contribution in [3.05, 3.63) is 23.8 Å². The number of halogens is 1. The average molecular weight is 286 g/mol. The molecule has 3 rings (SSSR count). The van der Waals surface area contributed by atoms with Gasteiger partial charge < -0.3 is 20.3 Å². The Kier molecular flexibility index (Phi) is 3.95. The molecule has 19 heavy (non-hydrogen) atoms. The van der Waals surface area contributed by atoms with E-state index in [-0.39, 0.29) is 24.0 Å². The first kappa shape index (κ1) is 14.4. The predicted octanol–water partition coefficient (Wildman–Crippen LogP) is 2.18. The van der Waals surface area contributed by atoms with E-state index in [9.17, 15) is 5.11 Å². The molecule has 106 valence electrons. The lowest BCUT2D eigenvalue weighted by atomic mass is 9.83. The zero-order chi connectivity index (χ0) is 12.8. The Morgan fingerprint density at radius 2 is 2.05 bits per heavy atom. The number of aliphatic hydroxyl groups is 1. The Labute approximate surface area is 119 Å². The molecule has 1 saturated carbocycles. The van der Waals surface area contributed by atoms with Gasteiger partial charge in [0, 0.05) is 5.56 Å². The smallest absolute Gasteiger partial charge is 0.127 e. The van der Waals surface area contributed by atoms with E-state index in [0.29, 0.717) is 5.75 Å². The molecule has 0 amide bonds. The number of nitrogens with two attached hydrogens (primary N) is 1. The summed E-state index contributed by atoms with van der Waals surface area (Å²) in [6, 6.07) is 5.16. The number of fused-ring (bicyclic) bond motifs is 1. The van der Waals surface area contributed by atoms with Gasteiger partial charge in [-0.15, -0.1) is 12.4 Å². The average Bonchev–Trinajstić information content (AvgIpc) is 2.85. The Bertz CT molecular complexity index is 460. The van der Waals surface area contributed by atoms with Gasteiger partial charge >= 0.3 is 0 Å². The highest BCUT2D eigenvalue weighted by molar-refractivity contribution is 5.85. The lowest BCUT2D eigenvalue weighted by molar-refractivity contribution is -0.0317. The van der Waals surface area contributed by atoms with E-state index in [1.165, 1.54) is 0 Å². The van der Waals surface area contributed by atoms with Crippen LogP contribution in [0.2, 0.25) is 0 Å². The number of rotatable bonds is 1. The largest absolute Gasteiger partial charge is 0.497 e. The van der Waals surface area contributed by atoms with Gasteiger partial charge in [-0.25, -0.2) is 0 Å². The maximum absolute atomic E-state index is 10.4. The van der Waals surface area contributed by atoms with Gasteiger partial charge in [0.2, 0.25) is 0 Å². The molecule has 4 nitrogen and oxygen atoms in total. The summed E-state index contributed by atoms with van der Waals surface area (Å²) >= 11 is 0. The molecule has 3 N–H and O–H groups in total. The molecule has 2 aliphatic rings. The lowest BCUT2D eigenvalue weighted by Gasteiger charge is -2.43. The van der Waals surface area contributed by atoms with Gasteiger partial charge in [-0.2, -0.15) is 0 Å². The Morgan fingerprint density at radius 1 is 1.37 bits per heavy atom. The van der Waals surface area contributed by atoms with Gasteiger partial charge in [0.1, 0.15) is 23.2 Å². The molecule has 1 spiro atoms. The van der Waals surface area contributed by atoms with Crippen LogP contribution >= 0.6 is 12.4 Å². The molecule has 1 fully saturated rings. The van der Waals surface area contributed by atoms with Crippen molar-refractivity contribution < 1.29 is 14.6 Å². The highest BCUT2D eigenvalue weighted by Gasteiger charge is 2.49. The predicted molar refractivity (Wildman–Crippen MR) is 75.0 cm³/mol. The molecule has 1 aliphatic heterocycles. The van der Waals surface area contributed by atoms with Gasteiger partial charge in [-0.1, -0.05) is 0 Å². The van der Waals surface area contributed by atoms with Crippen molar-refractivity contribution in [1.82, 2.24) is 0 Å². The highest BCUT2D eigenvalue weighted by Crippen LogP contribution is 2.47. The molecular formula is C14H20ClNO3. The van der Waals surface area contributed by atoms with Crippen molar-refractivity contribution in [1.29, 1.82) is 0 Å². The number of benzene rings is 1. The second-order valence-corrected chi connectivity index (χ2v) is 5.25. The Balaban J connectivity index is 0.00000133. The van der Waals surface area contributed by atoms with E-state index >= 15 is 0 Å². The Hall–Kier alpha value is -0.970. The van der Waals surface area contributed by atoms with Crippen LogP contribution in [0, 0.1) is 0 Å². The molecule has 0 radical (unpaired) electrons. The molecular weight excluding hydrogens is 266 g/mol. The summed E-state index contributed by atoms with van der Waals surface area (Å²) in [7, 11) is 1.61. The first-order chi connectivity index (χ1) is 8.66. The summed E-state index contributed by atoms with van der Waals surface area (Å²) in [5, 5.41) is 10.4. The molecule has 5 heteroatoms. The van der Waals surface area contributed by atoms with Gasteiger partial charge in [0.05, 0.1) is 13.2 Å². The maximum atomic E-state index is 10.4. The minimum absolute atomic E-state index is 0. The molecule has 1 aromatic carbocycles. The van der Waals surface area contributed by atoms with Crippen LogP contribution < -0.4 is 15.2 Å². The van der Waals surface area contributed by atoms with Crippen LogP contribution in [-0.4, -0.2) is 23.9 Å². The summed E-state index contributed by atoms with van der Waals surface area (Å²) < 4.78 is 11.3. The summed E-state index contributed by atoms with van der Waals surface area (Å²) in [6.45, 7) is 0. The van der Waals surface area contributed by atoms with Crippen LogP contribution in [-0.2, 0) is 0 Å². The van der Waals surface area contributed by atoms with Gasteiger partial charge in [-0.05, 0) is 43.9 Å². The first-order valence-corrected chi connectivity index (χ1v) is 6.47. The maximum Gasteiger partial charge on any atom is 0.127 e. The minimum Gasteiger partial charge on any atom is -0.497 e. The molecule has 0 bridgehead atoms. The van der Waals surface area contributed by atoms with E-state index in [4.69, 9.17) is 15.2 Å². The molecule has 0 saturated heterocycles. The van der Waals surface area contributed by atoms with Crippen LogP contribution in [0.25, 0.3) is 0 Å². The Morgan fingerprint density at radius 3 is 2.68 bits per heavy atom. The van der Waals surface area contributed by atoms with Crippen molar-refractivity contribution in [2.24, 2.45) is 5.73 Å². The molecule has 1 aliphatic carbocycles. The quantitative estimate of drug-likeness (QED) is 0.830. The van der Waals surface area contributed by atoms with Crippen molar-refractivity contribution in [2.75, 3.05) is 7.11 Å². The van der Waals surface area contributed by atoms with Crippen molar-refractivity contribution >= 4 is 12.4 Å². The van der Waals surface area contributed by atoms with E-state index in [0.717, 1.165) is 37.0 Å². The summed E-state index contributed by atoms with van der Waals surface area (Å²) in [5.74, 6) is 1.46. The van der Waals surface area contributed by atoms with E-state index in [2.05, 4.69) is 0 Å². The van der Waals surface area contributed by atoms with Gasteiger partial charge in [0.15, 0.2) is 0 Å². The fraction of sp³-hybridized carbons (Fsp3) is 0.571. The van der Waals surface area contributed by atoms with Crippen LogP contribution in [0.3, 0.4) is 0 Å². The zero-order valence-corrected chi connectivity index (χ0v) is 11.8. The van der Waals surface area contributed by atoms with Crippen molar-refractivity contribution in [3.63, 3.8) is 0 Å². The molecule has 1 heterocycles. The topological polar surface area (TPSA) is 64.7 Å². The van der Waals surface area contributed by atoms with E-state index in [1.54, 1.807) is 7.11 Å². The summed E-state index contributed by atoms with van der Waals surface area (Å²) in [4.78, 5) is 0. The molecule has 0 aromatic heterocycles. The second kappa shape index (κ2) is 5.19. The molecule has 1 aromatic rings. The fourth-order valence-electron chi connectivity index (χ4n) is 3.15. The molecule has 2 unspecified atom stereocenters. The standard InChI is InChI=1S/C14H19NO3.ClH/c1-17-9-4-5-11-10(8-9)12(16)13(15)14(18-11)6-2-3-7-14;/h4-5,8,12-13,16H,2-3,6-7,15H2,1H3;1H. The zero-order valence-electron chi connectivity index (χ0n) is 11.0. The van der Waals surface area contributed by atoms with Gasteiger partial charge in [-0.3, -0.25) is 0 Å². The van der Waals surface area contributed by atoms with Crippen LogP contribution in [0.15, 0.2) is 18.2 Å². The SMILES string of the molecule is COc1ccc2c(c1)C(O)C(N)C1(CCCC1)O2.Cl. The van der Waals surface area contributed by atoms with Crippen molar-refractivity contribution in [3.8, 4) is 11.5 Å². The summed E-state index contributed by atoms with van der Waals surface area (Å²) in [6.07, 6.45) is 3.41. The monoisotopic (exact) mass is 285 g/mol. The third kappa shape index (κ3) is 2.18. The lowest BCUT2D eigenvalue weighted by Crippen LogP contribution is -2.56. The van der Waals surface area contributed by atoms with Crippen LogP contribution in [0.5, 0.6) is 11.5 Å². The fourth-order valence-corrected chi connectivity index (χ4v) is 3.15. The number of ether oxygens (including phenoxy) is 2. The van der Waals surface area contributed by atoms with Crippen molar-refractivity contribution in [2.45, 2.75) is 43.4 Å². The van der Waals surface area contributed by atoms with Crippen LogP contribution in [0.4, 0.5) is 0 Å². The summed E-state index contributed by atoms with van der Waals surface area (Å²) in [5.41, 5.74) is 6.57. The molecule has 2 atom stereocenters. The first-order valence-electron chi connectivity index (χ1n) is 6.47. The highest BCUT2D eigenvalue weighted by atomic mass is 35.5. The van der Waals surface area contributed by atoms with E-state index in [1.807, 2.05) is 18.2 Å². The van der Waals surface area contributed by atoms with E-state index < -0.39 is 6.10 Å². The van der Waals surface area contributed by atoms with Crippen LogP contribution in [0.1, 0.15) is 37.4 Å². The second-order valence-electron chi connectivity index (χ2n) is 5.25. The number of methoxy groups -OCH3 is 1. The normalized spacial score (nSPS) is 27.3. The third-order valence-electron chi connectivity index (χ3n) is 4.25. The minimum atomic E-state index is -0.679. The third-order valence-corrected chi connectivity index (χ3v) is 4.25. The number of aliphatic hydroxyl groups excluding tert-OH is 1. The number of hydrogen-bond donors (Lipinski definition) is 2. The number of hydrogen-bond acceptors (Lipinski definition) is 4. The van der Waals surface area contributed by atoms with Gasteiger partial charge in [0.25, 0.3) is 0 Å².